The van der Waals surface area contributed by atoms with Crippen LogP contribution >= 0.6 is 0 Å². The minimum atomic E-state index is 0.0620. The van der Waals surface area contributed by atoms with Crippen LogP contribution < -0.4 is 5.32 Å². The first-order valence-corrected chi connectivity index (χ1v) is 8.58. The monoisotopic (exact) mass is 289 g/mol. The van der Waals surface area contributed by atoms with Gasteiger partial charge in [0, 0.05) is 12.1 Å². The van der Waals surface area contributed by atoms with Gasteiger partial charge < -0.3 is 5.32 Å². The lowest BCUT2D eigenvalue weighted by atomic mass is 9.99. The summed E-state index contributed by atoms with van der Waals surface area (Å²) in [7, 11) is 0. The van der Waals surface area contributed by atoms with Crippen LogP contribution in [-0.4, -0.2) is 12.5 Å². The summed E-state index contributed by atoms with van der Waals surface area (Å²) in [6, 6.07) is 8.07. The van der Waals surface area contributed by atoms with Crippen molar-refractivity contribution in [2.45, 2.75) is 65.7 Å². The maximum Gasteiger partial charge on any atom is 0.251 e. The van der Waals surface area contributed by atoms with Gasteiger partial charge in [0.15, 0.2) is 0 Å². The van der Waals surface area contributed by atoms with Gasteiger partial charge in [0.2, 0.25) is 0 Å². The van der Waals surface area contributed by atoms with Gasteiger partial charge in [-0.3, -0.25) is 4.79 Å². The summed E-state index contributed by atoms with van der Waals surface area (Å²) < 4.78 is 0. The number of nitrogens with one attached hydrogen (secondary N) is 1. The number of rotatable bonds is 10. The molecular formula is C19H31NO. The average Bonchev–Trinajstić information content (AvgIpc) is 2.53. The standard InChI is InChI=1S/C19H31NO/c1-4-7-9-16(6-3)15-20-19(21)18-13-11-17(12-14-18)10-8-5-2/h11-14,16H,4-10,15H2,1-3H3,(H,20,21). The third kappa shape index (κ3) is 6.79. The first-order chi connectivity index (χ1) is 10.2. The van der Waals surface area contributed by atoms with E-state index in [1.54, 1.807) is 0 Å². The number of carbonyl (C=O) groups is 1. The van der Waals surface area contributed by atoms with E-state index in [2.05, 4.69) is 38.2 Å². The Hall–Kier alpha value is -1.31. The fraction of sp³-hybridized carbons (Fsp3) is 0.632. The molecular weight excluding hydrogens is 258 g/mol. The molecule has 0 aromatic heterocycles. The summed E-state index contributed by atoms with van der Waals surface area (Å²) >= 11 is 0. The number of aryl methyl sites for hydroxylation is 1. The van der Waals surface area contributed by atoms with Crippen molar-refractivity contribution in [1.29, 1.82) is 0 Å². The highest BCUT2D eigenvalue weighted by Gasteiger charge is 2.09. The second-order valence-electron chi connectivity index (χ2n) is 5.93. The van der Waals surface area contributed by atoms with E-state index >= 15 is 0 Å². The van der Waals surface area contributed by atoms with Gasteiger partial charge in [-0.15, -0.1) is 0 Å². The van der Waals surface area contributed by atoms with Crippen LogP contribution in [0.5, 0.6) is 0 Å². The Kier molecular flexibility index (Phi) is 8.80. The zero-order valence-electron chi connectivity index (χ0n) is 14.0. The number of hydrogen-bond donors (Lipinski definition) is 1. The predicted octanol–water partition coefficient (Wildman–Crippen LogP) is 4.98. The minimum absolute atomic E-state index is 0.0620. The molecule has 0 radical (unpaired) electrons. The zero-order chi connectivity index (χ0) is 15.5. The minimum Gasteiger partial charge on any atom is -0.352 e. The molecule has 0 fully saturated rings. The molecule has 0 saturated carbocycles. The van der Waals surface area contributed by atoms with Crippen molar-refractivity contribution in [3.8, 4) is 0 Å². The highest BCUT2D eigenvalue weighted by molar-refractivity contribution is 5.94. The van der Waals surface area contributed by atoms with E-state index in [1.165, 1.54) is 37.7 Å². The van der Waals surface area contributed by atoms with Gasteiger partial charge in [-0.1, -0.05) is 58.6 Å². The zero-order valence-corrected chi connectivity index (χ0v) is 14.0. The van der Waals surface area contributed by atoms with Crippen LogP contribution in [0.15, 0.2) is 24.3 Å². The van der Waals surface area contributed by atoms with Crippen molar-refractivity contribution in [2.24, 2.45) is 5.92 Å². The van der Waals surface area contributed by atoms with Crippen LogP contribution in [-0.2, 0) is 6.42 Å². The quantitative estimate of drug-likeness (QED) is 0.647. The normalized spacial score (nSPS) is 12.1. The summed E-state index contributed by atoms with van der Waals surface area (Å²) in [6.07, 6.45) is 8.34. The molecule has 0 aliphatic carbocycles. The Labute approximate surface area is 130 Å². The summed E-state index contributed by atoms with van der Waals surface area (Å²) in [5.41, 5.74) is 2.10. The second-order valence-corrected chi connectivity index (χ2v) is 5.93. The van der Waals surface area contributed by atoms with Gasteiger partial charge in [-0.25, -0.2) is 0 Å². The Morgan fingerprint density at radius 1 is 1.05 bits per heavy atom. The molecule has 1 rings (SSSR count). The van der Waals surface area contributed by atoms with Crippen LogP contribution in [0, 0.1) is 5.92 Å². The Morgan fingerprint density at radius 2 is 1.71 bits per heavy atom. The second kappa shape index (κ2) is 10.4. The predicted molar refractivity (Wildman–Crippen MR) is 90.7 cm³/mol. The van der Waals surface area contributed by atoms with Crippen molar-refractivity contribution in [3.05, 3.63) is 35.4 Å². The molecule has 2 heteroatoms. The lowest BCUT2D eigenvalue weighted by molar-refractivity contribution is 0.0946. The Bertz CT molecular complexity index is 397. The average molecular weight is 289 g/mol. The Balaban J connectivity index is 2.43. The fourth-order valence-electron chi connectivity index (χ4n) is 2.49. The maximum atomic E-state index is 12.2. The molecule has 0 aliphatic rings. The maximum absolute atomic E-state index is 12.2. The highest BCUT2D eigenvalue weighted by atomic mass is 16.1. The van der Waals surface area contributed by atoms with Gasteiger partial charge in [-0.2, -0.15) is 0 Å². The molecule has 0 bridgehead atoms. The molecule has 118 valence electrons. The van der Waals surface area contributed by atoms with E-state index in [4.69, 9.17) is 0 Å². The molecule has 2 nitrogen and oxygen atoms in total. The number of carbonyl (C=O) groups excluding carboxylic acids is 1. The molecule has 0 spiro atoms. The van der Waals surface area contributed by atoms with Crippen molar-refractivity contribution in [2.75, 3.05) is 6.54 Å². The molecule has 1 aromatic rings. The van der Waals surface area contributed by atoms with Crippen molar-refractivity contribution < 1.29 is 4.79 Å². The van der Waals surface area contributed by atoms with Gasteiger partial charge in [-0.05, 0) is 42.9 Å². The van der Waals surface area contributed by atoms with E-state index in [1.807, 2.05) is 12.1 Å². The molecule has 0 heterocycles. The highest BCUT2D eigenvalue weighted by Crippen LogP contribution is 2.12. The summed E-state index contributed by atoms with van der Waals surface area (Å²) in [4.78, 5) is 12.2. The van der Waals surface area contributed by atoms with E-state index in [9.17, 15) is 4.79 Å². The number of unbranched alkanes of at least 4 members (excludes halogenated alkanes) is 2. The van der Waals surface area contributed by atoms with Gasteiger partial charge >= 0.3 is 0 Å². The van der Waals surface area contributed by atoms with Crippen LogP contribution in [0.4, 0.5) is 0 Å². The molecule has 1 atom stereocenters. The molecule has 1 N–H and O–H groups in total. The third-order valence-corrected chi connectivity index (χ3v) is 4.13. The largest absolute Gasteiger partial charge is 0.352 e. The van der Waals surface area contributed by atoms with Crippen LogP contribution in [0.3, 0.4) is 0 Å². The summed E-state index contributed by atoms with van der Waals surface area (Å²) in [6.45, 7) is 7.41. The van der Waals surface area contributed by atoms with Crippen molar-refractivity contribution in [3.63, 3.8) is 0 Å². The van der Waals surface area contributed by atoms with Crippen LogP contribution in [0.1, 0.15) is 75.2 Å². The molecule has 0 aliphatic heterocycles. The first-order valence-electron chi connectivity index (χ1n) is 8.58. The van der Waals surface area contributed by atoms with E-state index < -0.39 is 0 Å². The SMILES string of the molecule is CCCCc1ccc(C(=O)NCC(CC)CCCC)cc1. The third-order valence-electron chi connectivity index (χ3n) is 4.13. The molecule has 1 amide bonds. The van der Waals surface area contributed by atoms with E-state index in [-0.39, 0.29) is 5.91 Å². The van der Waals surface area contributed by atoms with Gasteiger partial charge in [0.05, 0.1) is 0 Å². The molecule has 0 saturated heterocycles. The van der Waals surface area contributed by atoms with Crippen molar-refractivity contribution >= 4 is 5.91 Å². The topological polar surface area (TPSA) is 29.1 Å². The number of hydrogen-bond acceptors (Lipinski definition) is 1. The smallest absolute Gasteiger partial charge is 0.251 e. The molecule has 1 aromatic carbocycles. The van der Waals surface area contributed by atoms with Crippen LogP contribution in [0.25, 0.3) is 0 Å². The molecule has 21 heavy (non-hydrogen) atoms. The fourth-order valence-corrected chi connectivity index (χ4v) is 2.49. The Morgan fingerprint density at radius 3 is 2.29 bits per heavy atom. The lowest BCUT2D eigenvalue weighted by Crippen LogP contribution is -2.29. The molecule has 1 unspecified atom stereocenters. The van der Waals surface area contributed by atoms with Gasteiger partial charge in [0.1, 0.15) is 0 Å². The van der Waals surface area contributed by atoms with Crippen molar-refractivity contribution in [1.82, 2.24) is 5.32 Å². The number of benzene rings is 1. The van der Waals surface area contributed by atoms with Crippen LogP contribution in [0.2, 0.25) is 0 Å². The summed E-state index contributed by atoms with van der Waals surface area (Å²) in [5, 5.41) is 3.08. The lowest BCUT2D eigenvalue weighted by Gasteiger charge is -2.15. The number of amides is 1. The van der Waals surface area contributed by atoms with Gasteiger partial charge in [0.25, 0.3) is 5.91 Å². The van der Waals surface area contributed by atoms with E-state index in [0.717, 1.165) is 24.9 Å². The first kappa shape index (κ1) is 17.7. The summed E-state index contributed by atoms with van der Waals surface area (Å²) in [5.74, 6) is 0.671. The van der Waals surface area contributed by atoms with E-state index in [0.29, 0.717) is 5.92 Å².